The van der Waals surface area contributed by atoms with Crippen molar-refractivity contribution in [2.24, 2.45) is 0 Å². The molecular weight excluding hydrogens is 174 g/mol. The van der Waals surface area contributed by atoms with E-state index in [9.17, 15) is 0 Å². The van der Waals surface area contributed by atoms with Crippen molar-refractivity contribution in [2.45, 2.75) is 44.6 Å². The standard InChI is InChI=1S/C12H17NO/c14-9-12-7-6-11(8-13-12)10-4-2-1-3-5-10/h6-8,10,14H,1-5,9H2. The highest BCUT2D eigenvalue weighted by molar-refractivity contribution is 5.18. The van der Waals surface area contributed by atoms with Gasteiger partial charge in [-0.05, 0) is 30.4 Å². The third-order valence-corrected chi connectivity index (χ3v) is 3.09. The summed E-state index contributed by atoms with van der Waals surface area (Å²) in [5.74, 6) is 0.712. The summed E-state index contributed by atoms with van der Waals surface area (Å²) in [5.41, 5.74) is 2.12. The maximum Gasteiger partial charge on any atom is 0.0852 e. The summed E-state index contributed by atoms with van der Waals surface area (Å²) >= 11 is 0. The van der Waals surface area contributed by atoms with Gasteiger partial charge in [0, 0.05) is 6.20 Å². The zero-order valence-corrected chi connectivity index (χ0v) is 8.45. The lowest BCUT2D eigenvalue weighted by Crippen LogP contribution is -2.05. The van der Waals surface area contributed by atoms with Gasteiger partial charge >= 0.3 is 0 Å². The van der Waals surface area contributed by atoms with Crippen LogP contribution in [0.1, 0.15) is 49.3 Å². The number of hydrogen-bond acceptors (Lipinski definition) is 2. The molecule has 2 nitrogen and oxygen atoms in total. The first-order valence-corrected chi connectivity index (χ1v) is 5.46. The summed E-state index contributed by atoms with van der Waals surface area (Å²) in [5, 5.41) is 8.88. The fourth-order valence-electron chi connectivity index (χ4n) is 2.21. The van der Waals surface area contributed by atoms with Gasteiger partial charge in [-0.3, -0.25) is 4.98 Å². The molecule has 0 saturated heterocycles. The van der Waals surface area contributed by atoms with Crippen LogP contribution < -0.4 is 0 Å². The van der Waals surface area contributed by atoms with Crippen LogP contribution >= 0.6 is 0 Å². The number of aliphatic hydroxyl groups is 1. The summed E-state index contributed by atoms with van der Waals surface area (Å²) < 4.78 is 0. The molecule has 1 aliphatic carbocycles. The van der Waals surface area contributed by atoms with E-state index in [1.807, 2.05) is 12.3 Å². The van der Waals surface area contributed by atoms with Gasteiger partial charge in [-0.25, -0.2) is 0 Å². The first-order chi connectivity index (χ1) is 6.90. The average molecular weight is 191 g/mol. The highest BCUT2D eigenvalue weighted by atomic mass is 16.3. The van der Waals surface area contributed by atoms with Gasteiger partial charge < -0.3 is 5.11 Å². The van der Waals surface area contributed by atoms with E-state index in [1.165, 1.54) is 37.7 Å². The molecule has 0 unspecified atom stereocenters. The highest BCUT2D eigenvalue weighted by Gasteiger charge is 2.15. The SMILES string of the molecule is OCc1ccc(C2CCCCC2)cn1. The molecule has 1 N–H and O–H groups in total. The van der Waals surface area contributed by atoms with Crippen molar-refractivity contribution in [3.63, 3.8) is 0 Å². The van der Waals surface area contributed by atoms with E-state index in [0.717, 1.165) is 5.69 Å². The molecule has 2 heteroatoms. The van der Waals surface area contributed by atoms with Crippen LogP contribution in [0.15, 0.2) is 18.3 Å². The number of pyridine rings is 1. The van der Waals surface area contributed by atoms with E-state index < -0.39 is 0 Å². The van der Waals surface area contributed by atoms with Gasteiger partial charge in [-0.2, -0.15) is 0 Å². The Bertz CT molecular complexity index is 275. The molecule has 1 fully saturated rings. The molecule has 76 valence electrons. The van der Waals surface area contributed by atoms with Crippen LogP contribution in [0.5, 0.6) is 0 Å². The van der Waals surface area contributed by atoms with Gasteiger partial charge in [0.1, 0.15) is 0 Å². The lowest BCUT2D eigenvalue weighted by atomic mass is 9.85. The van der Waals surface area contributed by atoms with Crippen LogP contribution in [0.4, 0.5) is 0 Å². The number of hydrogen-bond donors (Lipinski definition) is 1. The first-order valence-electron chi connectivity index (χ1n) is 5.46. The van der Waals surface area contributed by atoms with E-state index in [1.54, 1.807) is 0 Å². The maximum atomic E-state index is 8.88. The Morgan fingerprint density at radius 3 is 2.57 bits per heavy atom. The minimum Gasteiger partial charge on any atom is -0.390 e. The summed E-state index contributed by atoms with van der Waals surface area (Å²) in [4.78, 5) is 4.22. The molecule has 1 aromatic rings. The largest absolute Gasteiger partial charge is 0.390 e. The molecule has 0 amide bonds. The zero-order valence-electron chi connectivity index (χ0n) is 8.45. The van der Waals surface area contributed by atoms with E-state index >= 15 is 0 Å². The molecule has 1 heterocycles. The van der Waals surface area contributed by atoms with E-state index in [-0.39, 0.29) is 6.61 Å². The van der Waals surface area contributed by atoms with Crippen molar-refractivity contribution in [1.29, 1.82) is 0 Å². The smallest absolute Gasteiger partial charge is 0.0852 e. The minimum atomic E-state index is 0.0466. The van der Waals surface area contributed by atoms with Gasteiger partial charge in [0.2, 0.25) is 0 Å². The van der Waals surface area contributed by atoms with Gasteiger partial charge in [0.25, 0.3) is 0 Å². The molecule has 0 radical (unpaired) electrons. The summed E-state index contributed by atoms with van der Waals surface area (Å²) in [7, 11) is 0. The summed E-state index contributed by atoms with van der Waals surface area (Å²) in [6.07, 6.45) is 8.64. The van der Waals surface area contributed by atoms with Crippen LogP contribution in [-0.2, 0) is 6.61 Å². The second-order valence-electron chi connectivity index (χ2n) is 4.08. The molecule has 1 aromatic heterocycles. The Morgan fingerprint density at radius 2 is 2.00 bits per heavy atom. The van der Waals surface area contributed by atoms with E-state index in [4.69, 9.17) is 5.11 Å². The average Bonchev–Trinajstić information content (AvgIpc) is 2.30. The fraction of sp³-hybridized carbons (Fsp3) is 0.583. The number of nitrogens with zero attached hydrogens (tertiary/aromatic N) is 1. The van der Waals surface area contributed by atoms with Crippen LogP contribution in [0, 0.1) is 0 Å². The second-order valence-corrected chi connectivity index (χ2v) is 4.08. The van der Waals surface area contributed by atoms with Crippen molar-refractivity contribution in [2.75, 3.05) is 0 Å². The lowest BCUT2D eigenvalue weighted by molar-refractivity contribution is 0.276. The number of aromatic nitrogens is 1. The first kappa shape index (κ1) is 9.66. The summed E-state index contributed by atoms with van der Waals surface area (Å²) in [6, 6.07) is 4.05. The minimum absolute atomic E-state index is 0.0466. The monoisotopic (exact) mass is 191 g/mol. The zero-order chi connectivity index (χ0) is 9.80. The topological polar surface area (TPSA) is 33.1 Å². The quantitative estimate of drug-likeness (QED) is 0.779. The molecule has 14 heavy (non-hydrogen) atoms. The van der Waals surface area contributed by atoms with Crippen molar-refractivity contribution in [1.82, 2.24) is 4.98 Å². The number of aliphatic hydroxyl groups excluding tert-OH is 1. The van der Waals surface area contributed by atoms with E-state index in [0.29, 0.717) is 5.92 Å². The molecule has 0 spiro atoms. The Balaban J connectivity index is 2.07. The predicted octanol–water partition coefficient (Wildman–Crippen LogP) is 2.62. The highest BCUT2D eigenvalue weighted by Crippen LogP contribution is 2.31. The normalized spacial score (nSPS) is 18.4. The van der Waals surface area contributed by atoms with Crippen LogP contribution in [0.3, 0.4) is 0 Å². The third-order valence-electron chi connectivity index (χ3n) is 3.09. The summed E-state index contributed by atoms with van der Waals surface area (Å²) in [6.45, 7) is 0.0466. The molecule has 1 aliphatic rings. The van der Waals surface area contributed by atoms with Crippen molar-refractivity contribution < 1.29 is 5.11 Å². The molecule has 1 saturated carbocycles. The lowest BCUT2D eigenvalue weighted by Gasteiger charge is -2.21. The maximum absolute atomic E-state index is 8.88. The van der Waals surface area contributed by atoms with E-state index in [2.05, 4.69) is 11.1 Å². The van der Waals surface area contributed by atoms with Crippen molar-refractivity contribution in [3.05, 3.63) is 29.6 Å². The van der Waals surface area contributed by atoms with Crippen LogP contribution in [0.25, 0.3) is 0 Å². The Kier molecular flexibility index (Phi) is 3.14. The molecule has 0 aliphatic heterocycles. The fourth-order valence-corrected chi connectivity index (χ4v) is 2.21. The van der Waals surface area contributed by atoms with Gasteiger partial charge in [0.15, 0.2) is 0 Å². The van der Waals surface area contributed by atoms with Crippen molar-refractivity contribution >= 4 is 0 Å². The second kappa shape index (κ2) is 4.56. The van der Waals surface area contributed by atoms with Crippen LogP contribution in [-0.4, -0.2) is 10.1 Å². The Hall–Kier alpha value is -0.890. The molecular formula is C12H17NO. The third kappa shape index (κ3) is 2.13. The van der Waals surface area contributed by atoms with Crippen molar-refractivity contribution in [3.8, 4) is 0 Å². The van der Waals surface area contributed by atoms with Gasteiger partial charge in [0.05, 0.1) is 12.3 Å². The van der Waals surface area contributed by atoms with Gasteiger partial charge in [-0.15, -0.1) is 0 Å². The van der Waals surface area contributed by atoms with Gasteiger partial charge in [-0.1, -0.05) is 25.3 Å². The molecule has 0 bridgehead atoms. The Morgan fingerprint density at radius 1 is 1.21 bits per heavy atom. The molecule has 2 rings (SSSR count). The number of rotatable bonds is 2. The molecule has 0 aromatic carbocycles. The molecule has 0 atom stereocenters. The predicted molar refractivity (Wildman–Crippen MR) is 56.0 cm³/mol. The Labute approximate surface area is 85.0 Å². The van der Waals surface area contributed by atoms with Crippen LogP contribution in [0.2, 0.25) is 0 Å².